The summed E-state index contributed by atoms with van der Waals surface area (Å²) in [5.74, 6) is 2.71. The quantitative estimate of drug-likeness (QED) is 0.390. The van der Waals surface area contributed by atoms with Crippen molar-refractivity contribution < 1.29 is 14.0 Å². The zero-order valence-corrected chi connectivity index (χ0v) is 18.3. The molecule has 3 aromatic heterocycles. The van der Waals surface area contributed by atoms with Crippen LogP contribution in [0, 0.1) is 0 Å². The van der Waals surface area contributed by atoms with Gasteiger partial charge in [-0.2, -0.15) is 4.98 Å². The lowest BCUT2D eigenvalue weighted by atomic mass is 10.2. The normalized spacial score (nSPS) is 16.8. The van der Waals surface area contributed by atoms with Gasteiger partial charge in [0.25, 0.3) is 0 Å². The molecule has 0 aliphatic carbocycles. The van der Waals surface area contributed by atoms with E-state index in [4.69, 9.17) is 24.0 Å². The van der Waals surface area contributed by atoms with E-state index >= 15 is 0 Å². The van der Waals surface area contributed by atoms with Crippen molar-refractivity contribution in [1.82, 2.24) is 29.6 Å². The molecule has 32 heavy (non-hydrogen) atoms. The molecule has 0 bridgehead atoms. The van der Waals surface area contributed by atoms with Crippen LogP contribution >= 0.6 is 0 Å². The number of nitrogens with zero attached hydrogens (tertiary/aromatic N) is 6. The first-order valence-corrected chi connectivity index (χ1v) is 10.8. The Morgan fingerprint density at radius 2 is 2.06 bits per heavy atom. The molecule has 1 saturated heterocycles. The molecule has 0 unspecified atom stereocenters. The van der Waals surface area contributed by atoms with Gasteiger partial charge in [0, 0.05) is 32.0 Å². The average molecular weight is 435 g/mol. The standard InChI is InChI=1S/C23H26N6O3/c1-28-18-7-4-3-6-17(18)25-20(28)15-29-11-5-8-19(29)23-26-22(27-32-23)16-9-10-24-21(14-16)31-13-12-30-2/h3-4,6-7,9-10,14,19H,5,8,11-13,15H2,1-2H3/t19-/m0/s1. The van der Waals surface area contributed by atoms with E-state index in [9.17, 15) is 0 Å². The van der Waals surface area contributed by atoms with Crippen LogP contribution in [0.5, 0.6) is 5.88 Å². The molecule has 1 fully saturated rings. The lowest BCUT2D eigenvalue weighted by Crippen LogP contribution is -2.24. The van der Waals surface area contributed by atoms with Crippen molar-refractivity contribution in [3.05, 3.63) is 54.3 Å². The van der Waals surface area contributed by atoms with Gasteiger partial charge in [-0.15, -0.1) is 0 Å². The maximum Gasteiger partial charge on any atom is 0.244 e. The first kappa shape index (κ1) is 20.6. The highest BCUT2D eigenvalue weighted by Gasteiger charge is 2.32. The molecular weight excluding hydrogens is 408 g/mol. The van der Waals surface area contributed by atoms with Gasteiger partial charge in [0.15, 0.2) is 0 Å². The molecule has 4 heterocycles. The number of imidazole rings is 1. The molecule has 1 aromatic carbocycles. The second-order valence-corrected chi connectivity index (χ2v) is 7.88. The first-order valence-electron chi connectivity index (χ1n) is 10.8. The number of benzene rings is 1. The summed E-state index contributed by atoms with van der Waals surface area (Å²) >= 11 is 0. The monoisotopic (exact) mass is 434 g/mol. The third-order valence-electron chi connectivity index (χ3n) is 5.85. The predicted molar refractivity (Wildman–Crippen MR) is 118 cm³/mol. The summed E-state index contributed by atoms with van der Waals surface area (Å²) in [6.45, 7) is 2.64. The minimum atomic E-state index is 0.0790. The van der Waals surface area contributed by atoms with E-state index in [2.05, 4.69) is 32.7 Å². The van der Waals surface area contributed by atoms with Crippen LogP contribution in [0.4, 0.5) is 0 Å². The van der Waals surface area contributed by atoms with Gasteiger partial charge in [-0.25, -0.2) is 9.97 Å². The van der Waals surface area contributed by atoms with Gasteiger partial charge in [0.05, 0.1) is 30.2 Å². The molecule has 0 saturated carbocycles. The van der Waals surface area contributed by atoms with E-state index in [1.165, 1.54) is 0 Å². The van der Waals surface area contributed by atoms with Crippen LogP contribution in [-0.2, 0) is 18.3 Å². The van der Waals surface area contributed by atoms with Crippen molar-refractivity contribution in [2.45, 2.75) is 25.4 Å². The summed E-state index contributed by atoms with van der Waals surface area (Å²) in [6.07, 6.45) is 3.74. The van der Waals surface area contributed by atoms with Crippen molar-refractivity contribution in [3.63, 3.8) is 0 Å². The second-order valence-electron chi connectivity index (χ2n) is 7.88. The van der Waals surface area contributed by atoms with E-state index in [0.717, 1.165) is 48.4 Å². The fourth-order valence-corrected chi connectivity index (χ4v) is 4.16. The molecule has 4 aromatic rings. The highest BCUT2D eigenvalue weighted by Crippen LogP contribution is 2.33. The number of ether oxygens (including phenoxy) is 2. The maximum absolute atomic E-state index is 5.69. The van der Waals surface area contributed by atoms with Gasteiger partial charge in [-0.05, 0) is 37.6 Å². The molecule has 0 N–H and O–H groups in total. The largest absolute Gasteiger partial charge is 0.475 e. The van der Waals surface area contributed by atoms with Crippen LogP contribution in [0.1, 0.15) is 30.6 Å². The second kappa shape index (κ2) is 9.05. The Morgan fingerprint density at radius 1 is 1.16 bits per heavy atom. The van der Waals surface area contributed by atoms with Crippen LogP contribution in [0.2, 0.25) is 0 Å². The van der Waals surface area contributed by atoms with E-state index in [1.807, 2.05) is 30.3 Å². The molecule has 9 nitrogen and oxygen atoms in total. The van der Waals surface area contributed by atoms with Gasteiger partial charge in [0.1, 0.15) is 12.4 Å². The molecule has 166 valence electrons. The number of aryl methyl sites for hydroxylation is 1. The molecule has 5 rings (SSSR count). The summed E-state index contributed by atoms with van der Waals surface area (Å²) in [4.78, 5) is 16.1. The van der Waals surface area contributed by atoms with Gasteiger partial charge in [0.2, 0.25) is 17.6 Å². The zero-order valence-electron chi connectivity index (χ0n) is 18.3. The van der Waals surface area contributed by atoms with Crippen molar-refractivity contribution in [2.75, 3.05) is 26.9 Å². The maximum atomic E-state index is 5.69. The number of fused-ring (bicyclic) bond motifs is 1. The van der Waals surface area contributed by atoms with Crippen molar-refractivity contribution in [1.29, 1.82) is 0 Å². The van der Waals surface area contributed by atoms with Gasteiger partial charge < -0.3 is 18.6 Å². The lowest BCUT2D eigenvalue weighted by Gasteiger charge is -2.20. The van der Waals surface area contributed by atoms with Crippen LogP contribution in [-0.4, -0.2) is 56.4 Å². The summed E-state index contributed by atoms with van der Waals surface area (Å²) in [7, 11) is 3.70. The number of pyridine rings is 1. The predicted octanol–water partition coefficient (Wildman–Crippen LogP) is 3.38. The average Bonchev–Trinajstić information content (AvgIpc) is 3.54. The van der Waals surface area contributed by atoms with Crippen LogP contribution in [0.15, 0.2) is 47.1 Å². The summed E-state index contributed by atoms with van der Waals surface area (Å²) < 4.78 is 18.5. The van der Waals surface area contributed by atoms with Crippen LogP contribution in [0.25, 0.3) is 22.4 Å². The lowest BCUT2D eigenvalue weighted by molar-refractivity contribution is 0.144. The summed E-state index contributed by atoms with van der Waals surface area (Å²) in [5.41, 5.74) is 2.96. The third-order valence-corrected chi connectivity index (χ3v) is 5.85. The Bertz CT molecular complexity index is 1200. The number of methoxy groups -OCH3 is 1. The molecule has 0 spiro atoms. The van der Waals surface area contributed by atoms with E-state index < -0.39 is 0 Å². The van der Waals surface area contributed by atoms with Crippen molar-refractivity contribution in [2.24, 2.45) is 7.05 Å². The fourth-order valence-electron chi connectivity index (χ4n) is 4.16. The number of hydrogen-bond donors (Lipinski definition) is 0. The van der Waals surface area contributed by atoms with Crippen molar-refractivity contribution >= 4 is 11.0 Å². The number of rotatable bonds is 8. The highest BCUT2D eigenvalue weighted by molar-refractivity contribution is 5.75. The molecular formula is C23H26N6O3. The molecule has 1 atom stereocenters. The van der Waals surface area contributed by atoms with Gasteiger partial charge in [-0.1, -0.05) is 17.3 Å². The zero-order chi connectivity index (χ0) is 21.9. The molecule has 9 heteroatoms. The van der Waals surface area contributed by atoms with E-state index in [1.54, 1.807) is 13.3 Å². The fraction of sp³-hybridized carbons (Fsp3) is 0.391. The van der Waals surface area contributed by atoms with E-state index in [0.29, 0.717) is 30.8 Å². The minimum absolute atomic E-state index is 0.0790. The van der Waals surface area contributed by atoms with Crippen molar-refractivity contribution in [3.8, 4) is 17.3 Å². The number of para-hydroxylation sites is 2. The topological polar surface area (TPSA) is 91.3 Å². The van der Waals surface area contributed by atoms with E-state index in [-0.39, 0.29) is 6.04 Å². The van der Waals surface area contributed by atoms with Gasteiger partial charge >= 0.3 is 0 Å². The summed E-state index contributed by atoms with van der Waals surface area (Å²) in [6, 6.07) is 12.0. The molecule has 0 amide bonds. The first-order chi connectivity index (χ1) is 15.7. The SMILES string of the molecule is COCCOc1cc(-c2noc([C@@H]3CCCN3Cc3nc4ccccc4n3C)n2)ccn1. The Kier molecular flexibility index (Phi) is 5.83. The minimum Gasteiger partial charge on any atom is -0.475 e. The molecule has 1 aliphatic heterocycles. The molecule has 1 aliphatic rings. The smallest absolute Gasteiger partial charge is 0.244 e. The number of likely N-dealkylation sites (tertiary alicyclic amines) is 1. The molecule has 0 radical (unpaired) electrons. The highest BCUT2D eigenvalue weighted by atomic mass is 16.5. The number of aromatic nitrogens is 5. The summed E-state index contributed by atoms with van der Waals surface area (Å²) in [5, 5.41) is 4.22. The third kappa shape index (κ3) is 4.09. The Hall–Kier alpha value is -3.30. The van der Waals surface area contributed by atoms with Gasteiger partial charge in [-0.3, -0.25) is 4.90 Å². The Morgan fingerprint density at radius 3 is 2.94 bits per heavy atom. The Balaban J connectivity index is 1.33. The Labute approximate surface area is 186 Å². The van der Waals surface area contributed by atoms with Crippen LogP contribution in [0.3, 0.4) is 0 Å². The van der Waals surface area contributed by atoms with Crippen LogP contribution < -0.4 is 4.74 Å². The number of hydrogen-bond acceptors (Lipinski definition) is 8.